The van der Waals surface area contributed by atoms with Gasteiger partial charge in [-0.1, -0.05) is 24.0 Å². The Balaban J connectivity index is 1.75. The van der Waals surface area contributed by atoms with Crippen LogP contribution in [0.15, 0.2) is 35.4 Å². The van der Waals surface area contributed by atoms with Crippen LogP contribution < -0.4 is 16.2 Å². The third kappa shape index (κ3) is 3.48. The summed E-state index contributed by atoms with van der Waals surface area (Å²) in [5.41, 5.74) is -3.10. The number of carbonyl (C=O) groups is 1. The Bertz CT molecular complexity index is 1200. The van der Waals surface area contributed by atoms with Crippen LogP contribution >= 0.6 is 0 Å². The van der Waals surface area contributed by atoms with Gasteiger partial charge in [0.15, 0.2) is 0 Å². The highest BCUT2D eigenvalue weighted by molar-refractivity contribution is 5.95. The first-order chi connectivity index (χ1) is 14.2. The van der Waals surface area contributed by atoms with Crippen molar-refractivity contribution in [3.63, 3.8) is 0 Å². The molecule has 4 rings (SSSR count). The lowest BCUT2D eigenvalue weighted by Gasteiger charge is -2.37. The van der Waals surface area contributed by atoms with Gasteiger partial charge in [-0.05, 0) is 24.5 Å². The summed E-state index contributed by atoms with van der Waals surface area (Å²) in [5.74, 6) is 4.80. The Hall–Kier alpha value is -3.79. The molecule has 2 N–H and O–H groups in total. The predicted molar refractivity (Wildman–Crippen MR) is 99.1 cm³/mol. The van der Waals surface area contributed by atoms with Crippen molar-refractivity contribution in [1.82, 2.24) is 14.9 Å². The van der Waals surface area contributed by atoms with Crippen molar-refractivity contribution >= 4 is 11.7 Å². The third-order valence-electron chi connectivity index (χ3n) is 4.85. The van der Waals surface area contributed by atoms with Crippen molar-refractivity contribution in [3.8, 4) is 17.9 Å². The zero-order chi connectivity index (χ0) is 21.5. The molecule has 1 fully saturated rings. The number of alkyl halides is 3. The van der Waals surface area contributed by atoms with Crippen LogP contribution in [0.2, 0.25) is 0 Å². The number of nitriles is 1. The molecule has 152 valence electrons. The molecule has 0 radical (unpaired) electrons. The summed E-state index contributed by atoms with van der Waals surface area (Å²) in [7, 11) is 0. The van der Waals surface area contributed by atoms with Gasteiger partial charge in [0.1, 0.15) is 11.8 Å². The number of anilines is 1. The van der Waals surface area contributed by atoms with Crippen LogP contribution in [0.1, 0.15) is 29.7 Å². The van der Waals surface area contributed by atoms with Crippen LogP contribution in [-0.2, 0) is 12.1 Å². The van der Waals surface area contributed by atoms with E-state index in [9.17, 15) is 22.8 Å². The number of halogens is 3. The van der Waals surface area contributed by atoms with Crippen LogP contribution in [-0.4, -0.2) is 21.8 Å². The number of hydrogen-bond acceptors (Lipinski definition) is 4. The van der Waals surface area contributed by atoms with Gasteiger partial charge in [-0.3, -0.25) is 9.36 Å². The molecule has 1 atom stereocenters. The molecule has 1 unspecified atom stereocenters. The van der Waals surface area contributed by atoms with E-state index in [0.717, 1.165) is 18.9 Å². The van der Waals surface area contributed by atoms with E-state index >= 15 is 0 Å². The van der Waals surface area contributed by atoms with E-state index < -0.39 is 23.3 Å². The van der Waals surface area contributed by atoms with Gasteiger partial charge >= 0.3 is 12.2 Å². The van der Waals surface area contributed by atoms with Crippen LogP contribution in [0.4, 0.5) is 23.7 Å². The normalized spacial score (nSPS) is 20.1. The molecule has 1 aliphatic carbocycles. The van der Waals surface area contributed by atoms with E-state index in [1.165, 1.54) is 29.1 Å². The van der Waals surface area contributed by atoms with Gasteiger partial charge in [0, 0.05) is 23.2 Å². The minimum atomic E-state index is -4.84. The molecule has 1 aromatic heterocycles. The molecular formula is C20H14F3N5O2. The van der Waals surface area contributed by atoms with Crippen LogP contribution in [0.3, 0.4) is 0 Å². The number of amides is 2. The molecule has 2 heterocycles. The van der Waals surface area contributed by atoms with E-state index in [-0.39, 0.29) is 29.4 Å². The summed E-state index contributed by atoms with van der Waals surface area (Å²) >= 11 is 0. The first-order valence-electron chi connectivity index (χ1n) is 9.00. The second-order valence-corrected chi connectivity index (χ2v) is 7.10. The predicted octanol–water partition coefficient (Wildman–Crippen LogP) is 2.47. The van der Waals surface area contributed by atoms with Crippen molar-refractivity contribution in [3.05, 3.63) is 57.8 Å². The maximum absolute atomic E-state index is 14.1. The van der Waals surface area contributed by atoms with Gasteiger partial charge in [-0.15, -0.1) is 0 Å². The first-order valence-corrected chi connectivity index (χ1v) is 9.00. The van der Waals surface area contributed by atoms with E-state index in [2.05, 4.69) is 22.1 Å². The molecule has 2 amide bonds. The SMILES string of the molecule is N#Cc1cc(=O)n(Cc2ccc3c(c2)NC(=O)NC3(C#CC2CC2)C(F)(F)F)cn1. The average Bonchev–Trinajstić information content (AvgIpc) is 3.51. The maximum Gasteiger partial charge on any atom is 0.427 e. The lowest BCUT2D eigenvalue weighted by Crippen LogP contribution is -2.59. The largest absolute Gasteiger partial charge is 0.427 e. The standard InChI is InChI=1S/C20H14F3N5O2/c21-20(22,23)19(6-5-12-1-2-12)15-4-3-13(7-16(15)26-18(30)27-19)10-28-11-25-14(9-24)8-17(28)29/h3-4,7-8,11-12H,1-2,10H2,(H2,26,27,30). The van der Waals surface area contributed by atoms with Gasteiger partial charge in [-0.2, -0.15) is 18.4 Å². The summed E-state index contributed by atoms with van der Waals surface area (Å²) in [6, 6.07) is 5.85. The molecule has 1 aliphatic heterocycles. The number of nitrogens with one attached hydrogen (secondary N) is 2. The molecule has 1 saturated carbocycles. The average molecular weight is 413 g/mol. The van der Waals surface area contributed by atoms with Crippen LogP contribution in [0, 0.1) is 29.1 Å². The minimum absolute atomic E-state index is 0.000884. The lowest BCUT2D eigenvalue weighted by molar-refractivity contribution is -0.178. The van der Waals surface area contributed by atoms with Gasteiger partial charge in [0.2, 0.25) is 5.54 Å². The number of urea groups is 1. The van der Waals surface area contributed by atoms with Gasteiger partial charge in [0.05, 0.1) is 12.9 Å². The molecule has 0 spiro atoms. The summed E-state index contributed by atoms with van der Waals surface area (Å²) in [5, 5.41) is 13.1. The van der Waals surface area contributed by atoms with Crippen molar-refractivity contribution in [2.45, 2.75) is 31.1 Å². The van der Waals surface area contributed by atoms with Crippen LogP contribution in [0.25, 0.3) is 0 Å². The fourth-order valence-corrected chi connectivity index (χ4v) is 3.14. The molecule has 2 aliphatic rings. The molecule has 30 heavy (non-hydrogen) atoms. The minimum Gasteiger partial charge on any atom is -0.310 e. The number of benzene rings is 1. The molecule has 2 aromatic rings. The van der Waals surface area contributed by atoms with Gasteiger partial charge in [0.25, 0.3) is 5.56 Å². The highest BCUT2D eigenvalue weighted by atomic mass is 19.4. The van der Waals surface area contributed by atoms with E-state index in [1.807, 2.05) is 5.32 Å². The van der Waals surface area contributed by atoms with Gasteiger partial charge in [-0.25, -0.2) is 9.78 Å². The molecule has 1 aromatic carbocycles. The van der Waals surface area contributed by atoms with Crippen LogP contribution in [0.5, 0.6) is 0 Å². The quantitative estimate of drug-likeness (QED) is 0.739. The second-order valence-electron chi connectivity index (χ2n) is 7.10. The zero-order valence-electron chi connectivity index (χ0n) is 15.4. The number of aromatic nitrogens is 2. The molecule has 0 bridgehead atoms. The fraction of sp³-hybridized carbons (Fsp3) is 0.300. The molecular weight excluding hydrogens is 399 g/mol. The van der Waals surface area contributed by atoms with Crippen molar-refractivity contribution < 1.29 is 18.0 Å². The molecule has 7 nitrogen and oxygen atoms in total. The van der Waals surface area contributed by atoms with E-state index in [1.54, 1.807) is 6.07 Å². The van der Waals surface area contributed by atoms with Crippen molar-refractivity contribution in [2.24, 2.45) is 5.92 Å². The number of rotatable bonds is 2. The highest BCUT2D eigenvalue weighted by Crippen LogP contribution is 2.44. The Morgan fingerprint density at radius 2 is 2.03 bits per heavy atom. The number of carbonyl (C=O) groups excluding carboxylic acids is 1. The summed E-state index contributed by atoms with van der Waals surface area (Å²) in [6.07, 6.45) is -2.17. The highest BCUT2D eigenvalue weighted by Gasteiger charge is 2.59. The van der Waals surface area contributed by atoms with E-state index in [0.29, 0.717) is 5.56 Å². The lowest BCUT2D eigenvalue weighted by atomic mass is 9.85. The number of hydrogen-bond donors (Lipinski definition) is 2. The Morgan fingerprint density at radius 3 is 2.67 bits per heavy atom. The third-order valence-corrected chi connectivity index (χ3v) is 4.85. The Kier molecular flexibility index (Phi) is 4.50. The summed E-state index contributed by atoms with van der Waals surface area (Å²) in [4.78, 5) is 27.9. The second kappa shape index (κ2) is 6.92. The molecule has 10 heteroatoms. The summed E-state index contributed by atoms with van der Waals surface area (Å²) in [6.45, 7) is 0.000884. The van der Waals surface area contributed by atoms with Crippen molar-refractivity contribution in [1.29, 1.82) is 5.26 Å². The maximum atomic E-state index is 14.1. The Labute approximate surface area is 168 Å². The summed E-state index contributed by atoms with van der Waals surface area (Å²) < 4.78 is 43.4. The monoisotopic (exact) mass is 413 g/mol. The number of nitrogens with zero attached hydrogens (tertiary/aromatic N) is 3. The zero-order valence-corrected chi connectivity index (χ0v) is 15.4. The van der Waals surface area contributed by atoms with Gasteiger partial charge < -0.3 is 10.6 Å². The van der Waals surface area contributed by atoms with Crippen molar-refractivity contribution in [2.75, 3.05) is 5.32 Å². The molecule has 0 saturated heterocycles. The Morgan fingerprint density at radius 1 is 1.27 bits per heavy atom. The fourth-order valence-electron chi connectivity index (χ4n) is 3.14. The smallest absolute Gasteiger partial charge is 0.310 e. The topological polar surface area (TPSA) is 99.8 Å². The number of fused-ring (bicyclic) bond motifs is 1. The first kappa shape index (κ1) is 19.5. The van der Waals surface area contributed by atoms with E-state index in [4.69, 9.17) is 5.26 Å².